The van der Waals surface area contributed by atoms with Crippen LogP contribution in [0.3, 0.4) is 0 Å². The minimum atomic E-state index is -0.000172. The summed E-state index contributed by atoms with van der Waals surface area (Å²) < 4.78 is 7.65. The highest BCUT2D eigenvalue weighted by molar-refractivity contribution is 7.80. The van der Waals surface area contributed by atoms with E-state index in [4.69, 9.17) is 17.0 Å². The topological polar surface area (TPSA) is 42.3 Å². The zero-order chi connectivity index (χ0) is 20.2. The van der Waals surface area contributed by atoms with Gasteiger partial charge in [0.05, 0.1) is 24.9 Å². The third-order valence-corrected chi connectivity index (χ3v) is 5.72. The van der Waals surface area contributed by atoms with E-state index in [-0.39, 0.29) is 12.1 Å². The predicted molar refractivity (Wildman–Crippen MR) is 119 cm³/mol. The van der Waals surface area contributed by atoms with Crippen LogP contribution < -0.4 is 10.1 Å². The van der Waals surface area contributed by atoms with Crippen LogP contribution in [-0.2, 0) is 0 Å². The molecule has 2 aromatic heterocycles. The van der Waals surface area contributed by atoms with E-state index >= 15 is 0 Å². The Kier molecular flexibility index (Phi) is 5.81. The molecule has 3 heterocycles. The Balaban J connectivity index is 1.78. The van der Waals surface area contributed by atoms with Gasteiger partial charge in [-0.15, -0.1) is 0 Å². The molecule has 1 fully saturated rings. The van der Waals surface area contributed by atoms with Crippen molar-refractivity contribution in [3.8, 4) is 11.4 Å². The summed E-state index contributed by atoms with van der Waals surface area (Å²) in [5, 5.41) is 4.31. The number of nitrogens with zero attached hydrogens (tertiary/aromatic N) is 3. The average molecular weight is 407 g/mol. The molecule has 150 valence electrons. The first-order valence-corrected chi connectivity index (χ1v) is 10.4. The van der Waals surface area contributed by atoms with Gasteiger partial charge in [-0.2, -0.15) is 0 Å². The lowest BCUT2D eigenvalue weighted by atomic mass is 10.0. The summed E-state index contributed by atoms with van der Waals surface area (Å²) in [4.78, 5) is 6.93. The van der Waals surface area contributed by atoms with Crippen LogP contribution in [0.1, 0.15) is 43.2 Å². The summed E-state index contributed by atoms with van der Waals surface area (Å²) in [6.07, 6.45) is 6.15. The Hall–Kier alpha value is -2.86. The van der Waals surface area contributed by atoms with Gasteiger partial charge in [-0.05, 0) is 55.0 Å². The molecule has 0 saturated carbocycles. The maximum Gasteiger partial charge on any atom is 0.170 e. The highest BCUT2D eigenvalue weighted by atomic mass is 32.1. The molecule has 29 heavy (non-hydrogen) atoms. The minimum absolute atomic E-state index is 0.000172. The largest absolute Gasteiger partial charge is 0.497 e. The van der Waals surface area contributed by atoms with Crippen LogP contribution in [0.2, 0.25) is 0 Å². The molecule has 0 radical (unpaired) electrons. The molecule has 1 aromatic carbocycles. The Morgan fingerprint density at radius 2 is 2.03 bits per heavy atom. The molecule has 6 heteroatoms. The van der Waals surface area contributed by atoms with Gasteiger partial charge in [-0.3, -0.25) is 4.98 Å². The number of thiocarbonyl (C=S) groups is 1. The number of hydrogen-bond donors (Lipinski definition) is 1. The lowest BCUT2D eigenvalue weighted by molar-refractivity contribution is 0.304. The lowest BCUT2D eigenvalue weighted by Crippen LogP contribution is -2.31. The van der Waals surface area contributed by atoms with Crippen molar-refractivity contribution >= 4 is 17.3 Å². The number of benzene rings is 1. The molecule has 0 bridgehead atoms. The normalized spacial score (nSPS) is 18.7. The molecule has 0 spiro atoms. The molecule has 4 rings (SSSR count). The van der Waals surface area contributed by atoms with E-state index in [1.807, 2.05) is 30.5 Å². The molecule has 3 aromatic rings. The van der Waals surface area contributed by atoms with Crippen molar-refractivity contribution in [3.63, 3.8) is 0 Å². The third-order valence-electron chi connectivity index (χ3n) is 5.37. The first-order valence-electron chi connectivity index (χ1n) is 10.0. The molecule has 1 saturated heterocycles. The van der Waals surface area contributed by atoms with Crippen LogP contribution >= 0.6 is 12.2 Å². The van der Waals surface area contributed by atoms with Crippen molar-refractivity contribution in [3.05, 3.63) is 78.4 Å². The van der Waals surface area contributed by atoms with Crippen LogP contribution in [0.15, 0.2) is 67.0 Å². The summed E-state index contributed by atoms with van der Waals surface area (Å²) in [6, 6.07) is 18.5. The number of pyridine rings is 1. The fraction of sp³-hybridized carbons (Fsp3) is 0.304. The van der Waals surface area contributed by atoms with Gasteiger partial charge >= 0.3 is 0 Å². The first-order chi connectivity index (χ1) is 14.2. The van der Waals surface area contributed by atoms with Crippen LogP contribution in [0.25, 0.3) is 5.69 Å². The van der Waals surface area contributed by atoms with Crippen molar-refractivity contribution in [2.75, 3.05) is 13.7 Å². The summed E-state index contributed by atoms with van der Waals surface area (Å²) in [5.41, 5.74) is 3.24. The fourth-order valence-corrected chi connectivity index (χ4v) is 4.26. The summed E-state index contributed by atoms with van der Waals surface area (Å²) in [6.45, 7) is 3.12. The van der Waals surface area contributed by atoms with Gasteiger partial charge in [-0.25, -0.2) is 0 Å². The number of ether oxygens (including phenoxy) is 1. The zero-order valence-corrected chi connectivity index (χ0v) is 17.6. The van der Waals surface area contributed by atoms with E-state index in [0.717, 1.165) is 41.6 Å². The number of methoxy groups -OCH3 is 1. The number of nitrogens with one attached hydrogen (secondary N) is 1. The molecular formula is C23H26N4OS. The second kappa shape index (κ2) is 8.66. The molecule has 1 aliphatic heterocycles. The highest BCUT2D eigenvalue weighted by Gasteiger charge is 2.40. The first kappa shape index (κ1) is 19.5. The fourth-order valence-electron chi connectivity index (χ4n) is 3.93. The van der Waals surface area contributed by atoms with Gasteiger partial charge in [0, 0.05) is 36.4 Å². The third kappa shape index (κ3) is 3.85. The van der Waals surface area contributed by atoms with E-state index in [2.05, 4.69) is 63.2 Å². The Morgan fingerprint density at radius 1 is 1.14 bits per heavy atom. The Bertz CT molecular complexity index is 972. The molecule has 5 nitrogen and oxygen atoms in total. The Morgan fingerprint density at radius 3 is 2.79 bits per heavy atom. The molecule has 0 amide bonds. The minimum Gasteiger partial charge on any atom is -0.497 e. The van der Waals surface area contributed by atoms with E-state index in [9.17, 15) is 0 Å². The van der Waals surface area contributed by atoms with Crippen LogP contribution in [0, 0.1) is 0 Å². The molecule has 0 unspecified atom stereocenters. The molecule has 2 atom stereocenters. The van der Waals surface area contributed by atoms with Crippen molar-refractivity contribution in [1.29, 1.82) is 0 Å². The van der Waals surface area contributed by atoms with Crippen molar-refractivity contribution in [2.24, 2.45) is 0 Å². The second-order valence-electron chi connectivity index (χ2n) is 7.18. The second-order valence-corrected chi connectivity index (χ2v) is 7.56. The Labute approximate surface area is 177 Å². The number of rotatable bonds is 7. The van der Waals surface area contributed by atoms with Crippen LogP contribution in [-0.4, -0.2) is 33.2 Å². The van der Waals surface area contributed by atoms with Crippen molar-refractivity contribution < 1.29 is 4.74 Å². The number of aromatic nitrogens is 2. The average Bonchev–Trinajstić information content (AvgIpc) is 3.37. The van der Waals surface area contributed by atoms with E-state index < -0.39 is 0 Å². The van der Waals surface area contributed by atoms with Gasteiger partial charge in [0.2, 0.25) is 0 Å². The smallest absolute Gasteiger partial charge is 0.170 e. The van der Waals surface area contributed by atoms with Crippen molar-refractivity contribution in [1.82, 2.24) is 19.8 Å². The molecule has 1 N–H and O–H groups in total. The van der Waals surface area contributed by atoms with E-state index in [1.54, 1.807) is 7.11 Å². The SMILES string of the molecule is CCCCN1C(=S)N[C@@H](c2ccccn2)[C@@H]1c1cccn1-c1cccc(OC)c1. The van der Waals surface area contributed by atoms with Gasteiger partial charge in [0.15, 0.2) is 5.11 Å². The summed E-state index contributed by atoms with van der Waals surface area (Å²) in [7, 11) is 1.69. The van der Waals surface area contributed by atoms with Gasteiger partial charge in [0.1, 0.15) is 5.75 Å². The van der Waals surface area contributed by atoms with E-state index in [0.29, 0.717) is 0 Å². The lowest BCUT2D eigenvalue weighted by Gasteiger charge is -2.29. The zero-order valence-electron chi connectivity index (χ0n) is 16.8. The number of unbranched alkanes of at least 4 members (excludes halogenated alkanes) is 1. The van der Waals surface area contributed by atoms with Crippen LogP contribution in [0.4, 0.5) is 0 Å². The standard InChI is InChI=1S/C23H26N4OS/c1-3-4-14-27-22(21(25-23(27)29)19-11-5-6-13-24-19)20-12-8-15-26(20)17-9-7-10-18(16-17)28-2/h5-13,15-16,21-22H,3-4,14H2,1-2H3,(H,25,29)/t21-,22-/m0/s1. The monoisotopic (exact) mass is 406 g/mol. The molecular weight excluding hydrogens is 380 g/mol. The quantitative estimate of drug-likeness (QED) is 0.579. The van der Waals surface area contributed by atoms with Gasteiger partial charge in [0.25, 0.3) is 0 Å². The predicted octanol–water partition coefficient (Wildman–Crippen LogP) is 4.65. The maximum absolute atomic E-state index is 5.74. The van der Waals surface area contributed by atoms with Gasteiger partial charge < -0.3 is 19.5 Å². The molecule has 1 aliphatic rings. The number of hydrogen-bond acceptors (Lipinski definition) is 3. The maximum atomic E-state index is 5.74. The van der Waals surface area contributed by atoms with Crippen LogP contribution in [0.5, 0.6) is 5.75 Å². The highest BCUT2D eigenvalue weighted by Crippen LogP contribution is 2.39. The molecule has 0 aliphatic carbocycles. The summed E-state index contributed by atoms with van der Waals surface area (Å²) in [5.74, 6) is 0.839. The summed E-state index contributed by atoms with van der Waals surface area (Å²) >= 11 is 5.74. The van der Waals surface area contributed by atoms with Gasteiger partial charge in [-0.1, -0.05) is 25.5 Å². The van der Waals surface area contributed by atoms with Crippen molar-refractivity contribution in [2.45, 2.75) is 31.8 Å². The van der Waals surface area contributed by atoms with E-state index in [1.165, 1.54) is 5.69 Å².